The van der Waals surface area contributed by atoms with Crippen molar-refractivity contribution < 1.29 is 9.53 Å². The number of carbonyl (C=O) groups excluding carboxylic acids is 1. The fourth-order valence-corrected chi connectivity index (χ4v) is 2.93. The van der Waals surface area contributed by atoms with Crippen molar-refractivity contribution in [3.8, 4) is 0 Å². The summed E-state index contributed by atoms with van der Waals surface area (Å²) >= 11 is 0. The van der Waals surface area contributed by atoms with E-state index in [-0.39, 0.29) is 12.1 Å². The van der Waals surface area contributed by atoms with Gasteiger partial charge in [-0.05, 0) is 24.8 Å². The molecule has 0 radical (unpaired) electrons. The third-order valence-corrected chi connectivity index (χ3v) is 3.84. The van der Waals surface area contributed by atoms with Crippen molar-refractivity contribution in [1.29, 1.82) is 0 Å². The summed E-state index contributed by atoms with van der Waals surface area (Å²) in [6.07, 6.45) is 0.860. The standard InChI is InChI=1S/C17H26N2O2/c1-4-21-17(20)19-12-15(10-13(2)3)18-11-16(19)14-8-6-5-7-9-14/h5-9,13,15-16,18H,4,10-12H2,1-3H3. The molecule has 1 saturated heterocycles. The number of carbonyl (C=O) groups is 1. The molecule has 21 heavy (non-hydrogen) atoms. The Kier molecular flexibility index (Phi) is 5.62. The minimum Gasteiger partial charge on any atom is -0.450 e. The topological polar surface area (TPSA) is 41.6 Å². The SMILES string of the molecule is CCOC(=O)N1CC(CC(C)C)NCC1c1ccccc1. The zero-order chi connectivity index (χ0) is 15.2. The molecular formula is C17H26N2O2. The zero-order valence-electron chi connectivity index (χ0n) is 13.2. The third-order valence-electron chi connectivity index (χ3n) is 3.84. The molecule has 2 atom stereocenters. The quantitative estimate of drug-likeness (QED) is 0.926. The van der Waals surface area contributed by atoms with Gasteiger partial charge in [0.1, 0.15) is 0 Å². The lowest BCUT2D eigenvalue weighted by Crippen LogP contribution is -2.54. The summed E-state index contributed by atoms with van der Waals surface area (Å²) in [6, 6.07) is 10.6. The number of hydrogen-bond acceptors (Lipinski definition) is 3. The Morgan fingerprint density at radius 1 is 1.38 bits per heavy atom. The fraction of sp³-hybridized carbons (Fsp3) is 0.588. The Morgan fingerprint density at radius 2 is 2.10 bits per heavy atom. The van der Waals surface area contributed by atoms with Crippen LogP contribution in [0.4, 0.5) is 4.79 Å². The van der Waals surface area contributed by atoms with Gasteiger partial charge in [0, 0.05) is 19.1 Å². The van der Waals surface area contributed by atoms with Crippen LogP contribution in [0, 0.1) is 5.92 Å². The first-order valence-corrected chi connectivity index (χ1v) is 7.83. The Hall–Kier alpha value is -1.55. The number of nitrogens with zero attached hydrogens (tertiary/aromatic N) is 1. The van der Waals surface area contributed by atoms with Crippen LogP contribution in [-0.4, -0.2) is 36.7 Å². The molecule has 0 aromatic heterocycles. The molecule has 1 aromatic rings. The van der Waals surface area contributed by atoms with E-state index in [4.69, 9.17) is 4.74 Å². The van der Waals surface area contributed by atoms with Crippen molar-refractivity contribution >= 4 is 6.09 Å². The number of piperazine rings is 1. The highest BCUT2D eigenvalue weighted by Gasteiger charge is 2.33. The summed E-state index contributed by atoms with van der Waals surface area (Å²) < 4.78 is 5.25. The van der Waals surface area contributed by atoms with Crippen LogP contribution in [0.25, 0.3) is 0 Å². The molecule has 1 aromatic carbocycles. The van der Waals surface area contributed by atoms with E-state index in [0.717, 1.165) is 18.5 Å². The van der Waals surface area contributed by atoms with Gasteiger partial charge in [0.25, 0.3) is 0 Å². The van der Waals surface area contributed by atoms with Gasteiger partial charge in [-0.1, -0.05) is 44.2 Å². The van der Waals surface area contributed by atoms with Gasteiger partial charge in [-0.15, -0.1) is 0 Å². The molecular weight excluding hydrogens is 264 g/mol. The van der Waals surface area contributed by atoms with E-state index in [0.29, 0.717) is 25.1 Å². The van der Waals surface area contributed by atoms with Gasteiger partial charge in [0.05, 0.1) is 12.6 Å². The van der Waals surface area contributed by atoms with E-state index in [9.17, 15) is 4.79 Å². The van der Waals surface area contributed by atoms with E-state index >= 15 is 0 Å². The van der Waals surface area contributed by atoms with E-state index in [1.807, 2.05) is 30.0 Å². The van der Waals surface area contributed by atoms with Crippen molar-refractivity contribution in [3.05, 3.63) is 35.9 Å². The van der Waals surface area contributed by atoms with Gasteiger partial charge in [-0.3, -0.25) is 4.90 Å². The summed E-state index contributed by atoms with van der Waals surface area (Å²) in [7, 11) is 0. The number of nitrogens with one attached hydrogen (secondary N) is 1. The van der Waals surface area contributed by atoms with Crippen LogP contribution in [0.2, 0.25) is 0 Å². The molecule has 2 rings (SSSR count). The molecule has 1 fully saturated rings. The molecule has 1 aliphatic rings. The number of amides is 1. The fourth-order valence-electron chi connectivity index (χ4n) is 2.93. The van der Waals surface area contributed by atoms with E-state index < -0.39 is 0 Å². The highest BCUT2D eigenvalue weighted by Crippen LogP contribution is 2.25. The Balaban J connectivity index is 2.14. The van der Waals surface area contributed by atoms with Crippen LogP contribution >= 0.6 is 0 Å². The van der Waals surface area contributed by atoms with Crippen LogP contribution in [0.5, 0.6) is 0 Å². The van der Waals surface area contributed by atoms with E-state index in [1.165, 1.54) is 0 Å². The molecule has 0 aliphatic carbocycles. The highest BCUT2D eigenvalue weighted by atomic mass is 16.6. The minimum atomic E-state index is -0.207. The number of benzene rings is 1. The Morgan fingerprint density at radius 3 is 2.71 bits per heavy atom. The Labute approximate surface area is 127 Å². The lowest BCUT2D eigenvalue weighted by atomic mass is 9.97. The zero-order valence-corrected chi connectivity index (χ0v) is 13.2. The van der Waals surface area contributed by atoms with Gasteiger partial charge >= 0.3 is 6.09 Å². The molecule has 0 saturated carbocycles. The smallest absolute Gasteiger partial charge is 0.410 e. The molecule has 1 aliphatic heterocycles. The monoisotopic (exact) mass is 290 g/mol. The first-order chi connectivity index (χ1) is 10.1. The van der Waals surface area contributed by atoms with Crippen molar-refractivity contribution in [2.24, 2.45) is 5.92 Å². The van der Waals surface area contributed by atoms with E-state index in [2.05, 4.69) is 31.3 Å². The average molecular weight is 290 g/mol. The second kappa shape index (κ2) is 7.46. The molecule has 4 heteroatoms. The molecule has 1 N–H and O–H groups in total. The predicted molar refractivity (Wildman–Crippen MR) is 84.2 cm³/mol. The highest BCUT2D eigenvalue weighted by molar-refractivity contribution is 5.68. The van der Waals surface area contributed by atoms with Gasteiger partial charge in [0.15, 0.2) is 0 Å². The van der Waals surface area contributed by atoms with Crippen molar-refractivity contribution in [1.82, 2.24) is 10.2 Å². The molecule has 0 spiro atoms. The average Bonchev–Trinajstić information content (AvgIpc) is 2.48. The summed E-state index contributed by atoms with van der Waals surface area (Å²) in [5, 5.41) is 3.58. The summed E-state index contributed by atoms with van der Waals surface area (Å²) in [5.41, 5.74) is 1.15. The largest absolute Gasteiger partial charge is 0.450 e. The van der Waals surface area contributed by atoms with Crippen LogP contribution in [0.1, 0.15) is 38.8 Å². The molecule has 2 unspecified atom stereocenters. The number of ether oxygens (including phenoxy) is 1. The lowest BCUT2D eigenvalue weighted by molar-refractivity contribution is 0.0683. The lowest BCUT2D eigenvalue weighted by Gasteiger charge is -2.40. The normalized spacial score (nSPS) is 22.4. The van der Waals surface area contributed by atoms with Crippen molar-refractivity contribution in [2.75, 3.05) is 19.7 Å². The minimum absolute atomic E-state index is 0.0497. The van der Waals surface area contributed by atoms with Gasteiger partial charge in [0.2, 0.25) is 0 Å². The third kappa shape index (κ3) is 4.21. The first-order valence-electron chi connectivity index (χ1n) is 7.83. The maximum Gasteiger partial charge on any atom is 0.410 e. The first kappa shape index (κ1) is 15.8. The molecule has 4 nitrogen and oxygen atoms in total. The Bertz CT molecular complexity index is 447. The summed E-state index contributed by atoms with van der Waals surface area (Å²) in [5.74, 6) is 0.611. The molecule has 1 heterocycles. The molecule has 116 valence electrons. The van der Waals surface area contributed by atoms with Crippen LogP contribution in [-0.2, 0) is 4.74 Å². The summed E-state index contributed by atoms with van der Waals surface area (Å²) in [6.45, 7) is 8.17. The van der Waals surface area contributed by atoms with E-state index in [1.54, 1.807) is 0 Å². The van der Waals surface area contributed by atoms with Crippen LogP contribution in [0.3, 0.4) is 0 Å². The molecule has 0 bridgehead atoms. The second-order valence-corrected chi connectivity index (χ2v) is 6.01. The maximum atomic E-state index is 12.3. The van der Waals surface area contributed by atoms with Gasteiger partial charge in [-0.2, -0.15) is 0 Å². The number of rotatable bonds is 4. The van der Waals surface area contributed by atoms with Gasteiger partial charge in [-0.25, -0.2) is 4.79 Å². The van der Waals surface area contributed by atoms with Gasteiger partial charge < -0.3 is 10.1 Å². The predicted octanol–water partition coefficient (Wildman–Crippen LogP) is 3.20. The summed E-state index contributed by atoms with van der Waals surface area (Å²) in [4.78, 5) is 14.2. The van der Waals surface area contributed by atoms with Crippen LogP contribution < -0.4 is 5.32 Å². The maximum absolute atomic E-state index is 12.3. The van der Waals surface area contributed by atoms with Crippen molar-refractivity contribution in [2.45, 2.75) is 39.3 Å². The second-order valence-electron chi connectivity index (χ2n) is 6.01. The molecule has 1 amide bonds. The number of hydrogen-bond donors (Lipinski definition) is 1. The van der Waals surface area contributed by atoms with Crippen molar-refractivity contribution in [3.63, 3.8) is 0 Å². The van der Waals surface area contributed by atoms with Crippen LogP contribution in [0.15, 0.2) is 30.3 Å².